The van der Waals surface area contributed by atoms with Gasteiger partial charge in [-0.25, -0.2) is 8.78 Å². The summed E-state index contributed by atoms with van der Waals surface area (Å²) in [5.41, 5.74) is -0.0387. The minimum atomic E-state index is -0.690. The zero-order valence-electron chi connectivity index (χ0n) is 12.0. The third-order valence-electron chi connectivity index (χ3n) is 2.75. The monoisotopic (exact) mass is 347 g/mol. The van der Waals surface area contributed by atoms with Crippen molar-refractivity contribution in [2.24, 2.45) is 5.41 Å². The van der Waals surface area contributed by atoms with Gasteiger partial charge >= 0.3 is 0 Å². The maximum absolute atomic E-state index is 13.4. The quantitative estimate of drug-likeness (QED) is 0.806. The molecule has 0 spiro atoms. The number of carbonyl (C=O) groups is 1. The highest BCUT2D eigenvalue weighted by Crippen LogP contribution is 2.24. The molecule has 112 valence electrons. The average molecular weight is 348 g/mol. The highest BCUT2D eigenvalue weighted by Gasteiger charge is 2.18. The molecule has 20 heavy (non-hydrogen) atoms. The van der Waals surface area contributed by atoms with Gasteiger partial charge in [-0.2, -0.15) is 0 Å². The summed E-state index contributed by atoms with van der Waals surface area (Å²) in [6.07, 6.45) is 0.606. The molecule has 0 saturated heterocycles. The summed E-state index contributed by atoms with van der Waals surface area (Å²) < 4.78 is 26.8. The molecule has 0 heterocycles. The highest BCUT2D eigenvalue weighted by molar-refractivity contribution is 9.09. The van der Waals surface area contributed by atoms with E-state index >= 15 is 0 Å². The summed E-state index contributed by atoms with van der Waals surface area (Å²) in [5, 5.41) is 2.69. The van der Waals surface area contributed by atoms with E-state index in [0.29, 0.717) is 6.54 Å². The van der Waals surface area contributed by atoms with Crippen LogP contribution in [0.5, 0.6) is 0 Å². The summed E-state index contributed by atoms with van der Waals surface area (Å²) in [6, 6.07) is 3.58. The van der Waals surface area contributed by atoms with E-state index in [2.05, 4.69) is 42.0 Å². The van der Waals surface area contributed by atoms with Crippen LogP contribution in [0.1, 0.15) is 32.8 Å². The molecule has 0 saturated carbocycles. The first-order valence-corrected chi connectivity index (χ1v) is 7.44. The van der Waals surface area contributed by atoms with Crippen LogP contribution in [0.15, 0.2) is 18.2 Å². The van der Waals surface area contributed by atoms with Crippen molar-refractivity contribution in [3.05, 3.63) is 35.4 Å². The number of benzene rings is 1. The fourth-order valence-corrected chi connectivity index (χ4v) is 3.02. The predicted molar refractivity (Wildman–Crippen MR) is 79.9 cm³/mol. The van der Waals surface area contributed by atoms with Crippen LogP contribution >= 0.6 is 15.9 Å². The minimum absolute atomic E-state index is 0.136. The molecule has 2 nitrogen and oxygen atoms in total. The first kappa shape index (κ1) is 17.1. The van der Waals surface area contributed by atoms with E-state index in [1.807, 2.05) is 0 Å². The minimum Gasteiger partial charge on any atom is -0.355 e. The van der Waals surface area contributed by atoms with Crippen molar-refractivity contribution < 1.29 is 13.6 Å². The van der Waals surface area contributed by atoms with E-state index in [1.54, 1.807) is 0 Å². The maximum atomic E-state index is 13.4. The number of alkyl halides is 1. The molecule has 0 aliphatic heterocycles. The van der Waals surface area contributed by atoms with Crippen molar-refractivity contribution in [2.75, 3.05) is 6.54 Å². The number of carbonyl (C=O) groups excluding carboxylic acids is 1. The Morgan fingerprint density at radius 1 is 1.30 bits per heavy atom. The Morgan fingerprint density at radius 3 is 2.35 bits per heavy atom. The van der Waals surface area contributed by atoms with Crippen LogP contribution in [0.3, 0.4) is 0 Å². The topological polar surface area (TPSA) is 29.1 Å². The molecule has 1 unspecified atom stereocenters. The van der Waals surface area contributed by atoms with Gasteiger partial charge in [0.25, 0.3) is 0 Å². The van der Waals surface area contributed by atoms with Gasteiger partial charge in [0.2, 0.25) is 5.91 Å². The Morgan fingerprint density at radius 2 is 1.85 bits per heavy atom. The van der Waals surface area contributed by atoms with Crippen LogP contribution in [0.2, 0.25) is 0 Å². The lowest BCUT2D eigenvalue weighted by molar-refractivity contribution is -0.120. The largest absolute Gasteiger partial charge is 0.355 e. The van der Waals surface area contributed by atoms with Gasteiger partial charge in [-0.15, -0.1) is 0 Å². The SMILES string of the molecule is CC(C)(C)CC(Br)CNC(=O)Cc1c(F)cccc1F. The summed E-state index contributed by atoms with van der Waals surface area (Å²) in [4.78, 5) is 11.9. The second-order valence-corrected chi connectivity index (χ2v) is 7.34. The van der Waals surface area contributed by atoms with Gasteiger partial charge < -0.3 is 5.32 Å². The number of amides is 1. The smallest absolute Gasteiger partial charge is 0.224 e. The van der Waals surface area contributed by atoms with Crippen LogP contribution in [-0.4, -0.2) is 17.3 Å². The molecule has 1 N–H and O–H groups in total. The zero-order valence-corrected chi connectivity index (χ0v) is 13.6. The Bertz CT molecular complexity index is 451. The third kappa shape index (κ3) is 5.99. The fourth-order valence-electron chi connectivity index (χ4n) is 1.89. The van der Waals surface area contributed by atoms with E-state index in [-0.39, 0.29) is 28.1 Å². The Hall–Kier alpha value is -0.970. The Balaban J connectivity index is 2.49. The van der Waals surface area contributed by atoms with Gasteiger partial charge in [-0.1, -0.05) is 42.8 Å². The number of hydrogen-bond acceptors (Lipinski definition) is 1. The second kappa shape index (κ2) is 7.16. The van der Waals surface area contributed by atoms with E-state index in [1.165, 1.54) is 6.07 Å². The summed E-state index contributed by atoms with van der Waals surface area (Å²) in [6.45, 7) is 6.76. The van der Waals surface area contributed by atoms with Crippen LogP contribution in [0.4, 0.5) is 8.78 Å². The molecule has 0 aliphatic rings. The fraction of sp³-hybridized carbons (Fsp3) is 0.533. The molecule has 0 fully saturated rings. The normalized spacial score (nSPS) is 13.1. The van der Waals surface area contributed by atoms with Gasteiger partial charge in [0.15, 0.2) is 0 Å². The average Bonchev–Trinajstić information content (AvgIpc) is 2.29. The standard InChI is InChI=1S/C15H20BrF2NO/c1-15(2,3)8-10(16)9-19-14(20)7-11-12(17)5-4-6-13(11)18/h4-6,10H,7-9H2,1-3H3,(H,19,20). The Labute approximate surface area is 127 Å². The maximum Gasteiger partial charge on any atom is 0.224 e. The molecule has 0 radical (unpaired) electrons. The van der Waals surface area contributed by atoms with Gasteiger partial charge in [0.05, 0.1) is 6.42 Å². The molecule has 1 aromatic carbocycles. The highest BCUT2D eigenvalue weighted by atomic mass is 79.9. The van der Waals surface area contributed by atoms with Gasteiger partial charge in [0, 0.05) is 16.9 Å². The van der Waals surface area contributed by atoms with Crippen molar-refractivity contribution in [3.8, 4) is 0 Å². The zero-order chi connectivity index (χ0) is 15.3. The van der Waals surface area contributed by atoms with Crippen LogP contribution in [0.25, 0.3) is 0 Å². The van der Waals surface area contributed by atoms with Crippen LogP contribution < -0.4 is 5.32 Å². The lowest BCUT2D eigenvalue weighted by Gasteiger charge is -2.22. The van der Waals surface area contributed by atoms with Crippen molar-refractivity contribution >= 4 is 21.8 Å². The molecular formula is C15H20BrF2NO. The van der Waals surface area contributed by atoms with Crippen LogP contribution in [-0.2, 0) is 11.2 Å². The van der Waals surface area contributed by atoms with Gasteiger partial charge in [0.1, 0.15) is 11.6 Å². The second-order valence-electron chi connectivity index (χ2n) is 6.04. The predicted octanol–water partition coefficient (Wildman–Crippen LogP) is 3.82. The Kier molecular flexibility index (Phi) is 6.11. The molecule has 5 heteroatoms. The molecule has 0 aromatic heterocycles. The van der Waals surface area contributed by atoms with Crippen molar-refractivity contribution in [1.82, 2.24) is 5.32 Å². The lowest BCUT2D eigenvalue weighted by atomic mass is 9.90. The first-order valence-electron chi connectivity index (χ1n) is 6.53. The van der Waals surface area contributed by atoms with E-state index in [0.717, 1.165) is 18.6 Å². The van der Waals surface area contributed by atoms with Gasteiger partial charge in [-0.05, 0) is 24.0 Å². The molecule has 1 atom stereocenters. The molecule has 0 bridgehead atoms. The lowest BCUT2D eigenvalue weighted by Crippen LogP contribution is -2.32. The third-order valence-corrected chi connectivity index (χ3v) is 3.40. The van der Waals surface area contributed by atoms with E-state index in [9.17, 15) is 13.6 Å². The summed E-state index contributed by atoms with van der Waals surface area (Å²) >= 11 is 3.49. The van der Waals surface area contributed by atoms with Gasteiger partial charge in [-0.3, -0.25) is 4.79 Å². The van der Waals surface area contributed by atoms with E-state index in [4.69, 9.17) is 0 Å². The molecule has 1 rings (SSSR count). The van der Waals surface area contributed by atoms with Crippen molar-refractivity contribution in [3.63, 3.8) is 0 Å². The molecule has 1 aromatic rings. The summed E-state index contributed by atoms with van der Waals surface area (Å²) in [5.74, 6) is -1.76. The summed E-state index contributed by atoms with van der Waals surface area (Å²) in [7, 11) is 0. The number of halogens is 3. The van der Waals surface area contributed by atoms with Crippen molar-refractivity contribution in [2.45, 2.75) is 38.4 Å². The molecule has 1 amide bonds. The van der Waals surface area contributed by atoms with E-state index < -0.39 is 11.6 Å². The number of rotatable bonds is 5. The van der Waals surface area contributed by atoms with Crippen molar-refractivity contribution in [1.29, 1.82) is 0 Å². The number of nitrogens with one attached hydrogen (secondary N) is 1. The molecule has 0 aliphatic carbocycles. The first-order chi connectivity index (χ1) is 9.19. The van der Waals surface area contributed by atoms with Crippen LogP contribution in [0, 0.1) is 17.0 Å². The molecular weight excluding hydrogens is 328 g/mol. The number of hydrogen-bond donors (Lipinski definition) is 1.